The van der Waals surface area contributed by atoms with Gasteiger partial charge in [0.1, 0.15) is 0 Å². The molecule has 1 aliphatic rings. The third-order valence-corrected chi connectivity index (χ3v) is 4.34. The van der Waals surface area contributed by atoms with Crippen LogP contribution >= 0.6 is 0 Å². The Hall–Kier alpha value is -2.24. The summed E-state index contributed by atoms with van der Waals surface area (Å²) in [7, 11) is 0. The molecular formula is C17H23NO5. The topological polar surface area (TPSA) is 98.1 Å². The molecule has 0 bridgehead atoms. The van der Waals surface area contributed by atoms with E-state index in [1.165, 1.54) is 19.1 Å². The zero-order valence-corrected chi connectivity index (χ0v) is 13.3. The maximum atomic E-state index is 12.3. The summed E-state index contributed by atoms with van der Waals surface area (Å²) in [6.07, 6.45) is 3.80. The van der Waals surface area contributed by atoms with Crippen molar-refractivity contribution in [1.29, 1.82) is 0 Å². The van der Waals surface area contributed by atoms with E-state index in [1.807, 2.05) is 0 Å². The second kappa shape index (κ2) is 7.35. The van der Waals surface area contributed by atoms with Crippen molar-refractivity contribution in [2.45, 2.75) is 51.5 Å². The van der Waals surface area contributed by atoms with Crippen molar-refractivity contribution in [1.82, 2.24) is 4.90 Å². The van der Waals surface area contributed by atoms with Crippen molar-refractivity contribution in [3.05, 3.63) is 17.7 Å². The highest BCUT2D eigenvalue weighted by Gasteiger charge is 2.29. The van der Waals surface area contributed by atoms with Gasteiger partial charge in [-0.15, -0.1) is 0 Å². The summed E-state index contributed by atoms with van der Waals surface area (Å²) in [5.41, 5.74) is 0.481. The third kappa shape index (κ3) is 3.94. The number of piperidine rings is 1. The van der Waals surface area contributed by atoms with Crippen LogP contribution in [0.2, 0.25) is 0 Å². The third-order valence-electron chi connectivity index (χ3n) is 4.34. The van der Waals surface area contributed by atoms with Crippen LogP contribution in [-0.4, -0.2) is 44.5 Å². The summed E-state index contributed by atoms with van der Waals surface area (Å²) in [5.74, 6) is -1.29. The molecule has 1 amide bonds. The number of nitrogens with zero attached hydrogens (tertiary/aromatic N) is 1. The first-order chi connectivity index (χ1) is 10.9. The van der Waals surface area contributed by atoms with E-state index in [4.69, 9.17) is 0 Å². The lowest BCUT2D eigenvalue weighted by Gasteiger charge is -2.34. The number of Topliss-reactive ketones (excluding diaryl/α,β-unsaturated/α-hetero) is 1. The van der Waals surface area contributed by atoms with Gasteiger partial charge in [-0.25, -0.2) is 0 Å². The molecule has 6 heteroatoms. The Kier molecular flexibility index (Phi) is 5.47. The molecule has 126 valence electrons. The zero-order chi connectivity index (χ0) is 17.0. The number of aryl methyl sites for hydroxylation is 1. The Labute approximate surface area is 135 Å². The molecule has 1 aliphatic heterocycles. The first kappa shape index (κ1) is 17.1. The van der Waals surface area contributed by atoms with Crippen molar-refractivity contribution in [2.75, 3.05) is 6.54 Å². The molecule has 0 saturated carbocycles. The van der Waals surface area contributed by atoms with E-state index in [0.717, 1.165) is 19.3 Å². The molecule has 23 heavy (non-hydrogen) atoms. The van der Waals surface area contributed by atoms with E-state index in [-0.39, 0.29) is 35.7 Å². The Bertz CT molecular complexity index is 599. The van der Waals surface area contributed by atoms with E-state index >= 15 is 0 Å². The number of ketones is 1. The van der Waals surface area contributed by atoms with Crippen LogP contribution in [0.1, 0.15) is 44.6 Å². The van der Waals surface area contributed by atoms with Crippen molar-refractivity contribution in [3.63, 3.8) is 0 Å². The molecule has 0 aromatic heterocycles. The normalized spacial score (nSPS) is 18.0. The van der Waals surface area contributed by atoms with Crippen LogP contribution in [-0.2, 0) is 16.0 Å². The number of phenols is 3. The molecule has 1 fully saturated rings. The van der Waals surface area contributed by atoms with Crippen molar-refractivity contribution >= 4 is 11.7 Å². The Morgan fingerprint density at radius 2 is 1.91 bits per heavy atom. The van der Waals surface area contributed by atoms with E-state index in [1.54, 1.807) is 4.90 Å². The summed E-state index contributed by atoms with van der Waals surface area (Å²) in [5, 5.41) is 28.5. The highest BCUT2D eigenvalue weighted by atomic mass is 16.3. The number of phenolic OH excluding ortho intramolecular Hbond substituents is 3. The van der Waals surface area contributed by atoms with Crippen LogP contribution in [0, 0.1) is 0 Å². The SMILES string of the molecule is CC(=O)C1CCCCN1C(=O)CCCc1ccc(O)c(O)c1O. The lowest BCUT2D eigenvalue weighted by Crippen LogP contribution is -2.47. The predicted molar refractivity (Wildman–Crippen MR) is 84.4 cm³/mol. The Morgan fingerprint density at radius 1 is 1.17 bits per heavy atom. The number of carbonyl (C=O) groups is 2. The summed E-state index contributed by atoms with van der Waals surface area (Å²) >= 11 is 0. The molecule has 6 nitrogen and oxygen atoms in total. The van der Waals surface area contributed by atoms with Gasteiger partial charge in [-0.2, -0.15) is 0 Å². The summed E-state index contributed by atoms with van der Waals surface area (Å²) < 4.78 is 0. The fraction of sp³-hybridized carbons (Fsp3) is 0.529. The number of rotatable bonds is 5. The largest absolute Gasteiger partial charge is 0.504 e. The van der Waals surface area contributed by atoms with Crippen molar-refractivity contribution < 1.29 is 24.9 Å². The lowest BCUT2D eigenvalue weighted by molar-refractivity contribution is -0.140. The van der Waals surface area contributed by atoms with Gasteiger partial charge in [-0.05, 0) is 50.7 Å². The lowest BCUT2D eigenvalue weighted by atomic mass is 9.98. The molecule has 1 unspecified atom stereocenters. The zero-order valence-electron chi connectivity index (χ0n) is 13.3. The molecule has 1 heterocycles. The molecule has 0 aliphatic carbocycles. The van der Waals surface area contributed by atoms with E-state index in [9.17, 15) is 24.9 Å². The van der Waals surface area contributed by atoms with Gasteiger partial charge in [-0.3, -0.25) is 9.59 Å². The first-order valence-electron chi connectivity index (χ1n) is 7.94. The molecule has 1 aromatic carbocycles. The quantitative estimate of drug-likeness (QED) is 0.721. The van der Waals surface area contributed by atoms with Gasteiger partial charge in [0.05, 0.1) is 6.04 Å². The van der Waals surface area contributed by atoms with Gasteiger partial charge in [0.25, 0.3) is 0 Å². The molecule has 2 rings (SSSR count). The maximum absolute atomic E-state index is 12.3. The van der Waals surface area contributed by atoms with Crippen LogP contribution < -0.4 is 0 Å². The minimum atomic E-state index is -0.540. The summed E-state index contributed by atoms with van der Waals surface area (Å²) in [4.78, 5) is 25.6. The minimum absolute atomic E-state index is 0.0270. The number of carbonyl (C=O) groups excluding carboxylic acids is 2. The second-order valence-corrected chi connectivity index (χ2v) is 6.00. The molecule has 1 aromatic rings. The summed E-state index contributed by atoms with van der Waals surface area (Å²) in [6.45, 7) is 2.14. The van der Waals surface area contributed by atoms with Gasteiger partial charge < -0.3 is 20.2 Å². The fourth-order valence-corrected chi connectivity index (χ4v) is 3.04. The van der Waals surface area contributed by atoms with Gasteiger partial charge in [0.15, 0.2) is 17.3 Å². The summed E-state index contributed by atoms with van der Waals surface area (Å²) in [6, 6.07) is 2.53. The molecule has 3 N–H and O–H groups in total. The predicted octanol–water partition coefficient (Wildman–Crippen LogP) is 2.10. The smallest absolute Gasteiger partial charge is 0.223 e. The van der Waals surface area contributed by atoms with Crippen molar-refractivity contribution in [3.8, 4) is 17.2 Å². The minimum Gasteiger partial charge on any atom is -0.504 e. The van der Waals surface area contributed by atoms with Crippen LogP contribution in [0.4, 0.5) is 0 Å². The Morgan fingerprint density at radius 3 is 2.61 bits per heavy atom. The number of amides is 1. The molecule has 1 atom stereocenters. The Balaban J connectivity index is 1.92. The van der Waals surface area contributed by atoms with E-state index in [2.05, 4.69) is 0 Å². The number of aromatic hydroxyl groups is 3. The van der Waals surface area contributed by atoms with Gasteiger partial charge >= 0.3 is 0 Å². The molecular weight excluding hydrogens is 298 g/mol. The molecule has 1 saturated heterocycles. The number of hydrogen-bond acceptors (Lipinski definition) is 5. The highest BCUT2D eigenvalue weighted by molar-refractivity contribution is 5.87. The highest BCUT2D eigenvalue weighted by Crippen LogP contribution is 2.37. The van der Waals surface area contributed by atoms with Gasteiger partial charge in [0.2, 0.25) is 11.7 Å². The average molecular weight is 321 g/mol. The van der Waals surface area contributed by atoms with Gasteiger partial charge in [-0.1, -0.05) is 6.07 Å². The van der Waals surface area contributed by atoms with Crippen LogP contribution in [0.3, 0.4) is 0 Å². The van der Waals surface area contributed by atoms with E-state index in [0.29, 0.717) is 24.9 Å². The van der Waals surface area contributed by atoms with Gasteiger partial charge in [0, 0.05) is 13.0 Å². The number of benzene rings is 1. The monoisotopic (exact) mass is 321 g/mol. The number of hydrogen-bond donors (Lipinski definition) is 3. The van der Waals surface area contributed by atoms with Crippen LogP contribution in [0.5, 0.6) is 17.2 Å². The van der Waals surface area contributed by atoms with Crippen LogP contribution in [0.25, 0.3) is 0 Å². The van der Waals surface area contributed by atoms with Crippen molar-refractivity contribution in [2.24, 2.45) is 0 Å². The second-order valence-electron chi connectivity index (χ2n) is 6.00. The fourth-order valence-electron chi connectivity index (χ4n) is 3.04. The first-order valence-corrected chi connectivity index (χ1v) is 7.94. The van der Waals surface area contributed by atoms with E-state index < -0.39 is 5.75 Å². The molecule has 0 radical (unpaired) electrons. The standard InChI is InChI=1S/C17H23NO5/c1-11(19)13-6-2-3-10-18(13)15(21)7-4-5-12-8-9-14(20)17(23)16(12)22/h8-9,13,20,22-23H,2-7,10H2,1H3. The number of likely N-dealkylation sites (tertiary alicyclic amines) is 1. The molecule has 0 spiro atoms. The maximum Gasteiger partial charge on any atom is 0.223 e. The van der Waals surface area contributed by atoms with Crippen LogP contribution in [0.15, 0.2) is 12.1 Å². The average Bonchev–Trinajstić information content (AvgIpc) is 2.54.